The monoisotopic (exact) mass is 153 g/mol. The van der Waals surface area contributed by atoms with Gasteiger partial charge in [0.05, 0.1) is 6.54 Å². The van der Waals surface area contributed by atoms with E-state index in [0.717, 1.165) is 13.1 Å². The molecular formula is C10H19N. The second kappa shape index (κ2) is 6.24. The molecule has 11 heavy (non-hydrogen) atoms. The molecule has 0 aromatic rings. The Kier molecular flexibility index (Phi) is 5.97. The van der Waals surface area contributed by atoms with Gasteiger partial charge in [0.25, 0.3) is 0 Å². The lowest BCUT2D eigenvalue weighted by atomic mass is 10.2. The summed E-state index contributed by atoms with van der Waals surface area (Å²) in [6.07, 6.45) is 7.63. The van der Waals surface area contributed by atoms with Gasteiger partial charge in [0, 0.05) is 6.04 Å². The maximum Gasteiger partial charge on any atom is 0.0601 e. The van der Waals surface area contributed by atoms with Gasteiger partial charge in [-0.25, -0.2) is 0 Å². The van der Waals surface area contributed by atoms with Gasteiger partial charge in [0.2, 0.25) is 0 Å². The van der Waals surface area contributed by atoms with Crippen molar-refractivity contribution in [3.8, 4) is 12.3 Å². The molecule has 0 aliphatic rings. The third-order valence-electron chi connectivity index (χ3n) is 2.02. The van der Waals surface area contributed by atoms with Crippen molar-refractivity contribution in [2.75, 3.05) is 13.1 Å². The summed E-state index contributed by atoms with van der Waals surface area (Å²) in [5, 5.41) is 0. The first-order valence-corrected chi connectivity index (χ1v) is 4.43. The molecule has 0 rings (SSSR count). The van der Waals surface area contributed by atoms with Crippen LogP contribution in [-0.2, 0) is 0 Å². The molecule has 0 saturated heterocycles. The van der Waals surface area contributed by atoms with Crippen LogP contribution < -0.4 is 0 Å². The van der Waals surface area contributed by atoms with Crippen LogP contribution in [0.3, 0.4) is 0 Å². The van der Waals surface area contributed by atoms with Gasteiger partial charge in [-0.1, -0.05) is 19.8 Å². The first-order valence-electron chi connectivity index (χ1n) is 4.43. The maximum atomic E-state index is 5.26. The molecule has 0 aromatic carbocycles. The lowest BCUT2D eigenvalue weighted by molar-refractivity contribution is 0.230. The van der Waals surface area contributed by atoms with E-state index in [9.17, 15) is 0 Å². The van der Waals surface area contributed by atoms with Crippen LogP contribution in [0.4, 0.5) is 0 Å². The molecule has 0 bridgehead atoms. The van der Waals surface area contributed by atoms with Gasteiger partial charge in [-0.2, -0.15) is 0 Å². The van der Waals surface area contributed by atoms with Crippen LogP contribution in [0, 0.1) is 12.3 Å². The van der Waals surface area contributed by atoms with Crippen LogP contribution in [0.5, 0.6) is 0 Å². The van der Waals surface area contributed by atoms with Crippen LogP contribution in [0.25, 0.3) is 0 Å². The second-order valence-corrected chi connectivity index (χ2v) is 2.93. The van der Waals surface area contributed by atoms with E-state index in [2.05, 4.69) is 31.6 Å². The van der Waals surface area contributed by atoms with Gasteiger partial charge < -0.3 is 0 Å². The van der Waals surface area contributed by atoms with Crippen molar-refractivity contribution in [1.82, 2.24) is 4.90 Å². The molecule has 0 aliphatic heterocycles. The average molecular weight is 153 g/mol. The van der Waals surface area contributed by atoms with E-state index in [-0.39, 0.29) is 0 Å². The van der Waals surface area contributed by atoms with Crippen LogP contribution in [0.15, 0.2) is 0 Å². The molecule has 0 spiro atoms. The highest BCUT2D eigenvalue weighted by Gasteiger charge is 2.08. The molecule has 0 radical (unpaired) electrons. The summed E-state index contributed by atoms with van der Waals surface area (Å²) >= 11 is 0. The number of nitrogens with zero attached hydrogens (tertiary/aromatic N) is 1. The fraction of sp³-hybridized carbons (Fsp3) is 0.800. The van der Waals surface area contributed by atoms with E-state index in [1.807, 2.05) is 0 Å². The average Bonchev–Trinajstić information content (AvgIpc) is 2.03. The zero-order valence-corrected chi connectivity index (χ0v) is 7.93. The van der Waals surface area contributed by atoms with Gasteiger partial charge >= 0.3 is 0 Å². The largest absolute Gasteiger partial charge is 0.290 e. The van der Waals surface area contributed by atoms with Gasteiger partial charge in [-0.3, -0.25) is 4.90 Å². The molecule has 64 valence electrons. The van der Waals surface area contributed by atoms with E-state index in [1.165, 1.54) is 12.8 Å². The Balaban J connectivity index is 3.78. The van der Waals surface area contributed by atoms with Crippen LogP contribution >= 0.6 is 0 Å². The molecule has 0 aliphatic carbocycles. The fourth-order valence-corrected chi connectivity index (χ4v) is 1.12. The third-order valence-corrected chi connectivity index (χ3v) is 2.02. The van der Waals surface area contributed by atoms with Crippen LogP contribution in [-0.4, -0.2) is 24.0 Å². The lowest BCUT2D eigenvalue weighted by Gasteiger charge is -2.25. The van der Waals surface area contributed by atoms with E-state index in [1.54, 1.807) is 0 Å². The third kappa shape index (κ3) is 4.06. The number of hydrogen-bond donors (Lipinski definition) is 0. The Hall–Kier alpha value is -0.480. The molecular weight excluding hydrogens is 134 g/mol. The van der Waals surface area contributed by atoms with Crippen LogP contribution in [0.2, 0.25) is 0 Å². The Bertz CT molecular complexity index is 123. The molecule has 1 heteroatoms. The SMILES string of the molecule is C#CCN(CCC)C(C)CC. The molecule has 1 nitrogen and oxygen atoms in total. The molecule has 0 heterocycles. The van der Waals surface area contributed by atoms with Crippen molar-refractivity contribution in [3.63, 3.8) is 0 Å². The summed E-state index contributed by atoms with van der Waals surface area (Å²) in [5.74, 6) is 2.69. The van der Waals surface area contributed by atoms with Crippen molar-refractivity contribution in [2.45, 2.75) is 39.7 Å². The second-order valence-electron chi connectivity index (χ2n) is 2.93. The van der Waals surface area contributed by atoms with Gasteiger partial charge in [0.1, 0.15) is 0 Å². The summed E-state index contributed by atoms with van der Waals surface area (Å²) in [4.78, 5) is 2.35. The number of terminal acetylenes is 1. The zero-order chi connectivity index (χ0) is 8.69. The van der Waals surface area contributed by atoms with Gasteiger partial charge in [-0.15, -0.1) is 6.42 Å². The first kappa shape index (κ1) is 10.5. The highest BCUT2D eigenvalue weighted by atomic mass is 15.1. The minimum Gasteiger partial charge on any atom is -0.290 e. The number of rotatable bonds is 5. The van der Waals surface area contributed by atoms with Crippen molar-refractivity contribution in [2.24, 2.45) is 0 Å². The van der Waals surface area contributed by atoms with E-state index in [4.69, 9.17) is 6.42 Å². The summed E-state index contributed by atoms with van der Waals surface area (Å²) in [7, 11) is 0. The summed E-state index contributed by atoms with van der Waals surface area (Å²) in [6.45, 7) is 8.53. The topological polar surface area (TPSA) is 3.24 Å². The van der Waals surface area contributed by atoms with Crippen molar-refractivity contribution in [3.05, 3.63) is 0 Å². The first-order chi connectivity index (χ1) is 5.26. The molecule has 1 unspecified atom stereocenters. The molecule has 0 amide bonds. The molecule has 0 fully saturated rings. The Morgan fingerprint density at radius 1 is 1.45 bits per heavy atom. The molecule has 1 atom stereocenters. The summed E-state index contributed by atoms with van der Waals surface area (Å²) < 4.78 is 0. The van der Waals surface area contributed by atoms with Gasteiger partial charge in [-0.05, 0) is 26.3 Å². The molecule has 0 aromatic heterocycles. The smallest absolute Gasteiger partial charge is 0.0601 e. The van der Waals surface area contributed by atoms with E-state index < -0.39 is 0 Å². The van der Waals surface area contributed by atoms with Crippen molar-refractivity contribution in [1.29, 1.82) is 0 Å². The lowest BCUT2D eigenvalue weighted by Crippen LogP contribution is -2.33. The van der Waals surface area contributed by atoms with Crippen molar-refractivity contribution < 1.29 is 0 Å². The number of hydrogen-bond acceptors (Lipinski definition) is 1. The molecule has 0 saturated carbocycles. The van der Waals surface area contributed by atoms with Crippen LogP contribution in [0.1, 0.15) is 33.6 Å². The molecule has 0 N–H and O–H groups in total. The fourth-order valence-electron chi connectivity index (χ4n) is 1.12. The maximum absolute atomic E-state index is 5.26. The van der Waals surface area contributed by atoms with E-state index in [0.29, 0.717) is 6.04 Å². The highest BCUT2D eigenvalue weighted by molar-refractivity contribution is 4.89. The van der Waals surface area contributed by atoms with E-state index >= 15 is 0 Å². The highest BCUT2D eigenvalue weighted by Crippen LogP contribution is 2.02. The quantitative estimate of drug-likeness (QED) is 0.547. The Morgan fingerprint density at radius 2 is 2.09 bits per heavy atom. The predicted octanol–water partition coefficient (Wildman–Crippen LogP) is 2.13. The minimum atomic E-state index is 0.631. The Labute approximate surface area is 70.8 Å². The van der Waals surface area contributed by atoms with Crippen molar-refractivity contribution >= 4 is 0 Å². The minimum absolute atomic E-state index is 0.631. The Morgan fingerprint density at radius 3 is 2.45 bits per heavy atom. The normalized spacial score (nSPS) is 13.0. The zero-order valence-electron chi connectivity index (χ0n) is 7.93. The predicted molar refractivity (Wildman–Crippen MR) is 50.5 cm³/mol. The standard InChI is InChI=1S/C10H19N/c1-5-8-11(9-6-2)10(4)7-3/h1,10H,6-9H2,2-4H3. The van der Waals surface area contributed by atoms with Gasteiger partial charge in [0.15, 0.2) is 0 Å². The summed E-state index contributed by atoms with van der Waals surface area (Å²) in [6, 6.07) is 0.631. The summed E-state index contributed by atoms with van der Waals surface area (Å²) in [5.41, 5.74) is 0.